The molecule has 0 aliphatic heterocycles. The molecule has 3 aromatic rings. The molecule has 0 aliphatic rings. The van der Waals surface area contributed by atoms with Crippen molar-refractivity contribution in [1.82, 2.24) is 15.2 Å². The zero-order valence-electron chi connectivity index (χ0n) is 10.8. The summed E-state index contributed by atoms with van der Waals surface area (Å²) in [5.74, 6) is -0.151. The predicted molar refractivity (Wildman–Crippen MR) is 82.7 cm³/mol. The minimum atomic E-state index is -0.151. The third-order valence-corrected chi connectivity index (χ3v) is 4.39. The summed E-state index contributed by atoms with van der Waals surface area (Å²) in [6, 6.07) is 11.0. The first-order chi connectivity index (χ1) is 10.3. The Morgan fingerprint density at radius 3 is 2.52 bits per heavy atom. The third-order valence-electron chi connectivity index (χ3n) is 2.60. The van der Waals surface area contributed by atoms with Gasteiger partial charge < -0.3 is 5.32 Å². The van der Waals surface area contributed by atoms with E-state index < -0.39 is 0 Å². The maximum atomic E-state index is 12.0. The highest BCUT2D eigenvalue weighted by Crippen LogP contribution is 2.29. The van der Waals surface area contributed by atoms with Crippen LogP contribution in [0.4, 0.5) is 5.69 Å². The first-order valence-electron chi connectivity index (χ1n) is 6.07. The second-order valence-corrected chi connectivity index (χ2v) is 6.17. The lowest BCUT2D eigenvalue weighted by Gasteiger charge is -2.05. The highest BCUT2D eigenvalue weighted by molar-refractivity contribution is 8.01. The van der Waals surface area contributed by atoms with Gasteiger partial charge in [0.1, 0.15) is 5.51 Å². The van der Waals surface area contributed by atoms with Crippen LogP contribution in [0, 0.1) is 0 Å². The van der Waals surface area contributed by atoms with Crippen molar-refractivity contribution in [3.8, 4) is 0 Å². The van der Waals surface area contributed by atoms with Crippen LogP contribution in [-0.4, -0.2) is 21.1 Å². The fourth-order valence-corrected chi connectivity index (χ4v) is 3.07. The van der Waals surface area contributed by atoms with Gasteiger partial charge in [0.05, 0.1) is 0 Å². The molecule has 2 aromatic heterocycles. The van der Waals surface area contributed by atoms with Gasteiger partial charge in [0.2, 0.25) is 0 Å². The van der Waals surface area contributed by atoms with Crippen LogP contribution >= 0.6 is 23.1 Å². The van der Waals surface area contributed by atoms with Crippen molar-refractivity contribution in [1.29, 1.82) is 0 Å². The van der Waals surface area contributed by atoms with Crippen LogP contribution in [0.2, 0.25) is 0 Å². The monoisotopic (exact) mass is 314 g/mol. The minimum Gasteiger partial charge on any atom is -0.322 e. The first-order valence-corrected chi connectivity index (χ1v) is 7.76. The van der Waals surface area contributed by atoms with E-state index in [1.54, 1.807) is 41.8 Å². The summed E-state index contributed by atoms with van der Waals surface area (Å²) in [6.45, 7) is 0. The molecule has 0 radical (unpaired) electrons. The number of anilines is 1. The molecule has 0 atom stereocenters. The molecule has 0 saturated heterocycles. The normalized spacial score (nSPS) is 10.3. The molecule has 5 nitrogen and oxygen atoms in total. The van der Waals surface area contributed by atoms with Gasteiger partial charge in [0.25, 0.3) is 5.91 Å². The number of aromatic nitrogens is 3. The molecule has 0 saturated carbocycles. The molecule has 0 unspecified atom stereocenters. The molecule has 1 aromatic carbocycles. The lowest BCUT2D eigenvalue weighted by Crippen LogP contribution is -2.11. The minimum absolute atomic E-state index is 0.151. The van der Waals surface area contributed by atoms with Gasteiger partial charge in [-0.15, -0.1) is 10.2 Å². The fraction of sp³-hybridized carbons (Fsp3) is 0. The fourth-order valence-electron chi connectivity index (χ4n) is 1.62. The molecule has 2 heterocycles. The topological polar surface area (TPSA) is 67.8 Å². The molecule has 1 N–H and O–H groups in total. The number of amides is 1. The van der Waals surface area contributed by atoms with E-state index in [0.717, 1.165) is 14.9 Å². The van der Waals surface area contributed by atoms with E-state index in [1.807, 2.05) is 24.3 Å². The summed E-state index contributed by atoms with van der Waals surface area (Å²) in [6.07, 6.45) is 3.19. The van der Waals surface area contributed by atoms with Crippen molar-refractivity contribution in [3.63, 3.8) is 0 Å². The van der Waals surface area contributed by atoms with Crippen molar-refractivity contribution in [2.45, 2.75) is 9.24 Å². The van der Waals surface area contributed by atoms with Gasteiger partial charge in [-0.25, -0.2) is 0 Å². The Bertz CT molecular complexity index is 714. The zero-order chi connectivity index (χ0) is 14.5. The average Bonchev–Trinajstić information content (AvgIpc) is 3.03. The number of hydrogen-bond donors (Lipinski definition) is 1. The Morgan fingerprint density at radius 2 is 1.86 bits per heavy atom. The van der Waals surface area contributed by atoms with Gasteiger partial charge in [-0.3, -0.25) is 9.78 Å². The summed E-state index contributed by atoms with van der Waals surface area (Å²) in [5, 5.41) is 10.6. The number of benzene rings is 1. The Hall–Kier alpha value is -2.25. The Labute approximate surface area is 129 Å². The van der Waals surface area contributed by atoms with Gasteiger partial charge >= 0.3 is 0 Å². The maximum Gasteiger partial charge on any atom is 0.255 e. The Kier molecular flexibility index (Phi) is 4.23. The molecule has 21 heavy (non-hydrogen) atoms. The highest BCUT2D eigenvalue weighted by atomic mass is 32.2. The van der Waals surface area contributed by atoms with E-state index in [2.05, 4.69) is 20.5 Å². The van der Waals surface area contributed by atoms with Gasteiger partial charge in [-0.2, -0.15) is 0 Å². The molecule has 3 rings (SSSR count). The summed E-state index contributed by atoms with van der Waals surface area (Å²) in [4.78, 5) is 16.9. The number of nitrogens with zero attached hydrogens (tertiary/aromatic N) is 3. The molecule has 0 aliphatic carbocycles. The summed E-state index contributed by atoms with van der Waals surface area (Å²) < 4.78 is 0.892. The number of hydrogen-bond acceptors (Lipinski definition) is 6. The Morgan fingerprint density at radius 1 is 1.10 bits per heavy atom. The van der Waals surface area contributed by atoms with Crippen molar-refractivity contribution >= 4 is 34.7 Å². The molecule has 0 fully saturated rings. The highest BCUT2D eigenvalue weighted by Gasteiger charge is 2.06. The molecule has 0 bridgehead atoms. The lowest BCUT2D eigenvalue weighted by molar-refractivity contribution is 0.102. The Balaban J connectivity index is 1.66. The van der Waals surface area contributed by atoms with Gasteiger partial charge in [-0.05, 0) is 36.4 Å². The summed E-state index contributed by atoms with van der Waals surface area (Å²) in [7, 11) is 0. The number of pyridine rings is 1. The number of nitrogens with one attached hydrogen (secondary N) is 1. The third kappa shape index (κ3) is 3.65. The number of carbonyl (C=O) groups excluding carboxylic acids is 1. The van der Waals surface area contributed by atoms with Gasteiger partial charge in [0, 0.05) is 28.5 Å². The maximum absolute atomic E-state index is 12.0. The molecule has 1 amide bonds. The average molecular weight is 314 g/mol. The van der Waals surface area contributed by atoms with E-state index in [1.165, 1.54) is 11.3 Å². The van der Waals surface area contributed by atoms with Crippen LogP contribution in [0.3, 0.4) is 0 Å². The largest absolute Gasteiger partial charge is 0.322 e. The molecule has 104 valence electrons. The van der Waals surface area contributed by atoms with Crippen molar-refractivity contribution in [2.75, 3.05) is 5.32 Å². The predicted octanol–water partition coefficient (Wildman–Crippen LogP) is 3.34. The second kappa shape index (κ2) is 6.47. The van der Waals surface area contributed by atoms with E-state index in [9.17, 15) is 4.79 Å². The SMILES string of the molecule is O=C(Nc1ccc(Sc2nncs2)cc1)c1ccncc1. The number of rotatable bonds is 4. The smallest absolute Gasteiger partial charge is 0.255 e. The van der Waals surface area contributed by atoms with Crippen molar-refractivity contribution in [3.05, 3.63) is 59.9 Å². The molecular formula is C14H10N4OS2. The van der Waals surface area contributed by atoms with Crippen LogP contribution < -0.4 is 5.32 Å². The lowest BCUT2D eigenvalue weighted by atomic mass is 10.2. The van der Waals surface area contributed by atoms with Crippen LogP contribution in [-0.2, 0) is 0 Å². The van der Waals surface area contributed by atoms with Crippen LogP contribution in [0.25, 0.3) is 0 Å². The summed E-state index contributed by atoms with van der Waals surface area (Å²) in [5.41, 5.74) is 3.03. The van der Waals surface area contributed by atoms with Crippen molar-refractivity contribution in [2.24, 2.45) is 0 Å². The van der Waals surface area contributed by atoms with Gasteiger partial charge in [0.15, 0.2) is 4.34 Å². The van der Waals surface area contributed by atoms with Crippen LogP contribution in [0.1, 0.15) is 10.4 Å². The molecular weight excluding hydrogens is 304 g/mol. The van der Waals surface area contributed by atoms with E-state index in [-0.39, 0.29) is 5.91 Å². The van der Waals surface area contributed by atoms with Crippen LogP contribution in [0.5, 0.6) is 0 Å². The molecule has 0 spiro atoms. The summed E-state index contributed by atoms with van der Waals surface area (Å²) >= 11 is 3.04. The van der Waals surface area contributed by atoms with Gasteiger partial charge in [-0.1, -0.05) is 23.1 Å². The number of carbonyl (C=O) groups is 1. The van der Waals surface area contributed by atoms with Crippen LogP contribution in [0.15, 0.2) is 63.5 Å². The van der Waals surface area contributed by atoms with E-state index in [4.69, 9.17) is 0 Å². The van der Waals surface area contributed by atoms with Crippen molar-refractivity contribution < 1.29 is 4.79 Å². The molecule has 7 heteroatoms. The second-order valence-electron chi connectivity index (χ2n) is 4.02. The van der Waals surface area contributed by atoms with E-state index >= 15 is 0 Å². The van der Waals surface area contributed by atoms with E-state index in [0.29, 0.717) is 5.56 Å². The first kappa shape index (κ1) is 13.7. The zero-order valence-corrected chi connectivity index (χ0v) is 12.4. The quantitative estimate of drug-likeness (QED) is 0.800. The standard InChI is InChI=1S/C14H10N4OS2/c19-13(10-5-7-15-8-6-10)17-11-1-3-12(4-2-11)21-14-18-16-9-20-14/h1-9H,(H,17,19).